The number of hydrogen-bond donors (Lipinski definition) is 2. The van der Waals surface area contributed by atoms with Crippen molar-refractivity contribution >= 4 is 60.7 Å². The van der Waals surface area contributed by atoms with E-state index in [1.165, 1.54) is 42.5 Å². The van der Waals surface area contributed by atoms with E-state index >= 15 is 4.39 Å². The fraction of sp³-hybridized carbons (Fsp3) is 0.267. The molecule has 1 saturated heterocycles. The topological polar surface area (TPSA) is 129 Å². The summed E-state index contributed by atoms with van der Waals surface area (Å²) in [6.07, 6.45) is 4.55. The van der Waals surface area contributed by atoms with Gasteiger partial charge in [0.25, 0.3) is 10.0 Å². The van der Waals surface area contributed by atoms with Crippen LogP contribution in [0.5, 0.6) is 0 Å². The Morgan fingerprint density at radius 2 is 1.79 bits per heavy atom. The minimum atomic E-state index is -3.96. The average Bonchev–Trinajstić information content (AvgIpc) is 3.68. The highest BCUT2D eigenvalue weighted by atomic mass is 32.2. The second-order valence-corrected chi connectivity index (χ2v) is 15.2. The normalized spacial score (nSPS) is 15.8. The summed E-state index contributed by atoms with van der Waals surface area (Å²) in [5.41, 5.74) is 7.08. The van der Waals surface area contributed by atoms with Crippen molar-refractivity contribution in [3.05, 3.63) is 95.7 Å². The van der Waals surface area contributed by atoms with Gasteiger partial charge in [0.15, 0.2) is 23.0 Å². The molecule has 0 bridgehead atoms. The van der Waals surface area contributed by atoms with Gasteiger partial charge in [0, 0.05) is 30.2 Å². The van der Waals surface area contributed by atoms with Crippen LogP contribution in [0.3, 0.4) is 0 Å². The molecule has 1 aliphatic rings. The first-order chi connectivity index (χ1) is 20.4. The third-order valence-corrected chi connectivity index (χ3v) is 11.4. The number of fused-ring (bicyclic) bond motifs is 1. The lowest BCUT2D eigenvalue weighted by molar-refractivity contribution is 0.481. The molecule has 0 amide bonds. The number of halogens is 1. The van der Waals surface area contributed by atoms with Crippen LogP contribution in [0.2, 0.25) is 0 Å². The van der Waals surface area contributed by atoms with Crippen LogP contribution in [0.25, 0.3) is 21.6 Å². The molecule has 9 nitrogen and oxygen atoms in total. The van der Waals surface area contributed by atoms with Gasteiger partial charge in [-0.1, -0.05) is 63.4 Å². The van der Waals surface area contributed by atoms with Crippen molar-refractivity contribution < 1.29 is 17.4 Å². The molecule has 0 radical (unpaired) electrons. The molecule has 1 aliphatic heterocycles. The molecule has 226 valence electrons. The van der Waals surface area contributed by atoms with Crippen LogP contribution in [0.15, 0.2) is 83.5 Å². The van der Waals surface area contributed by atoms with Crippen LogP contribution in [0.4, 0.5) is 10.1 Å². The van der Waals surface area contributed by atoms with Crippen molar-refractivity contribution in [2.45, 2.75) is 38.5 Å². The second kappa shape index (κ2) is 12.3. The maximum absolute atomic E-state index is 16.0. The predicted octanol–water partition coefficient (Wildman–Crippen LogP) is 5.97. The van der Waals surface area contributed by atoms with E-state index in [1.807, 2.05) is 20.8 Å². The minimum Gasteiger partial charge on any atom is -0.573 e. The van der Waals surface area contributed by atoms with Gasteiger partial charge in [0.1, 0.15) is 12.0 Å². The van der Waals surface area contributed by atoms with Crippen LogP contribution >= 0.6 is 11.8 Å². The number of benzene rings is 2. The number of rotatable bonds is 9. The average molecular weight is 641 g/mol. The molecule has 3 heterocycles. The number of thioether (sulfide) groups is 1. The Bertz CT molecular complexity index is 1800. The molecule has 2 aromatic carbocycles. The molecule has 1 atom stereocenters. The van der Waals surface area contributed by atoms with Gasteiger partial charge in [-0.25, -0.2) is 26.7 Å². The molecule has 4 aromatic rings. The molecule has 3 N–H and O–H groups in total. The predicted molar refractivity (Wildman–Crippen MR) is 173 cm³/mol. The highest BCUT2D eigenvalue weighted by Gasteiger charge is 2.28. The van der Waals surface area contributed by atoms with E-state index in [2.05, 4.69) is 21.3 Å². The van der Waals surface area contributed by atoms with Crippen LogP contribution in [0.1, 0.15) is 44.9 Å². The smallest absolute Gasteiger partial charge is 0.269 e. The first-order valence-corrected chi connectivity index (χ1v) is 17.0. The molecule has 5 rings (SSSR count). The number of allylic oxidation sites excluding steroid dienone is 1. The number of anilines is 1. The maximum atomic E-state index is 16.0. The Morgan fingerprint density at radius 1 is 1.09 bits per heavy atom. The zero-order valence-corrected chi connectivity index (χ0v) is 26.5. The van der Waals surface area contributed by atoms with E-state index in [1.54, 1.807) is 40.7 Å². The number of aromatic nitrogens is 3. The summed E-state index contributed by atoms with van der Waals surface area (Å²) < 4.78 is 61.4. The summed E-state index contributed by atoms with van der Waals surface area (Å²) >= 11 is -0.359. The van der Waals surface area contributed by atoms with Crippen molar-refractivity contribution in [1.29, 1.82) is 0 Å². The molecule has 43 heavy (non-hydrogen) atoms. The Kier molecular flexibility index (Phi) is 8.91. The maximum Gasteiger partial charge on any atom is 0.269 e. The fourth-order valence-corrected chi connectivity index (χ4v) is 7.89. The standard InChI is InChI=1S/C30H33FN6O3S3/c1-20(30(2,3)4)41-28(26(32)22-13-10-14-24(25(22)31)35-42(38)36-16-8-9-17-36)27-23-15-18-37(29(23)34-19-33-27)43(39,40)21-11-6-5-7-12-21/h5-7,10-15,18-19,35H,1,8-9,16-17,32H2,2-4H3/b28-26-. The Balaban J connectivity index is 1.64. The zero-order chi connectivity index (χ0) is 30.9. The largest absolute Gasteiger partial charge is 0.573 e. The van der Waals surface area contributed by atoms with Crippen molar-refractivity contribution in [2.24, 2.45) is 11.1 Å². The Labute approximate surface area is 258 Å². The van der Waals surface area contributed by atoms with E-state index in [0.29, 0.717) is 29.1 Å². The van der Waals surface area contributed by atoms with Crippen LogP contribution < -0.4 is 10.5 Å². The lowest BCUT2D eigenvalue weighted by Gasteiger charge is -2.23. The Hall–Kier alpha value is -3.36. The quantitative estimate of drug-likeness (QED) is 0.213. The zero-order valence-electron chi connectivity index (χ0n) is 24.1. The van der Waals surface area contributed by atoms with Crippen LogP contribution in [-0.4, -0.2) is 44.3 Å². The number of nitrogens with one attached hydrogen (secondary N) is 1. The highest BCUT2D eigenvalue weighted by molar-refractivity contribution is 8.12. The van der Waals surface area contributed by atoms with Gasteiger partial charge in [0.2, 0.25) is 0 Å². The summed E-state index contributed by atoms with van der Waals surface area (Å²) in [5.74, 6) is -0.665. The first kappa shape index (κ1) is 31.1. The molecule has 0 aliphatic carbocycles. The SMILES string of the molecule is C=C(S/C(=C(\N)c1cccc(N[S+]([O-])N2CCCC2)c1F)c1ncnc2c1ccn2S(=O)(=O)c1ccccc1)C(C)(C)C. The second-order valence-electron chi connectivity index (χ2n) is 11.1. The van der Waals surface area contributed by atoms with E-state index in [0.717, 1.165) is 21.7 Å². The third-order valence-electron chi connectivity index (χ3n) is 7.06. The van der Waals surface area contributed by atoms with Crippen molar-refractivity contribution in [1.82, 2.24) is 18.2 Å². The van der Waals surface area contributed by atoms with Gasteiger partial charge in [0.05, 0.1) is 21.2 Å². The van der Waals surface area contributed by atoms with Gasteiger partial charge in [-0.15, -0.1) is 4.31 Å². The van der Waals surface area contributed by atoms with Crippen molar-refractivity contribution in [3.8, 4) is 0 Å². The first-order valence-electron chi connectivity index (χ1n) is 13.6. The molecule has 0 saturated carbocycles. The summed E-state index contributed by atoms with van der Waals surface area (Å²) in [5, 5.41) is 0.416. The molecular formula is C30H33FN6O3S3. The van der Waals surface area contributed by atoms with E-state index in [4.69, 9.17) is 5.73 Å². The van der Waals surface area contributed by atoms with E-state index in [9.17, 15) is 13.0 Å². The van der Waals surface area contributed by atoms with Crippen LogP contribution in [-0.2, 0) is 21.6 Å². The highest BCUT2D eigenvalue weighted by Crippen LogP contribution is 2.45. The summed E-state index contributed by atoms with van der Waals surface area (Å²) in [4.78, 5) is 10.0. The molecular weight excluding hydrogens is 608 g/mol. The molecule has 0 spiro atoms. The Morgan fingerprint density at radius 3 is 2.47 bits per heavy atom. The number of nitrogens with zero attached hydrogens (tertiary/aromatic N) is 4. The molecule has 2 aromatic heterocycles. The van der Waals surface area contributed by atoms with Crippen LogP contribution in [0, 0.1) is 11.2 Å². The van der Waals surface area contributed by atoms with Crippen molar-refractivity contribution in [2.75, 3.05) is 17.8 Å². The van der Waals surface area contributed by atoms with Gasteiger partial charge in [-0.2, -0.15) is 4.72 Å². The van der Waals surface area contributed by atoms with E-state index < -0.39 is 27.4 Å². The van der Waals surface area contributed by atoms with Gasteiger partial charge < -0.3 is 10.3 Å². The number of hydrogen-bond acceptors (Lipinski definition) is 9. The fourth-order valence-electron chi connectivity index (χ4n) is 4.47. The monoisotopic (exact) mass is 640 g/mol. The molecule has 13 heteroatoms. The lowest BCUT2D eigenvalue weighted by Crippen LogP contribution is -2.33. The lowest BCUT2D eigenvalue weighted by atomic mass is 9.97. The number of nitrogens with two attached hydrogens (primary N) is 1. The molecule has 1 unspecified atom stereocenters. The third kappa shape index (κ3) is 6.31. The van der Waals surface area contributed by atoms with Gasteiger partial charge in [-0.3, -0.25) is 0 Å². The summed E-state index contributed by atoms with van der Waals surface area (Å²) in [6.45, 7) is 11.5. The van der Waals surface area contributed by atoms with Gasteiger partial charge >= 0.3 is 0 Å². The van der Waals surface area contributed by atoms with Gasteiger partial charge in [-0.05, 0) is 53.5 Å². The van der Waals surface area contributed by atoms with Crippen molar-refractivity contribution in [3.63, 3.8) is 0 Å². The molecule has 1 fully saturated rings. The summed E-state index contributed by atoms with van der Waals surface area (Å²) in [6, 6.07) is 14.3. The summed E-state index contributed by atoms with van der Waals surface area (Å²) in [7, 11) is -3.96. The minimum absolute atomic E-state index is 0.0534. The van der Waals surface area contributed by atoms with E-state index in [-0.39, 0.29) is 32.9 Å².